The van der Waals surface area contributed by atoms with Crippen LogP contribution in [0.3, 0.4) is 0 Å². The zero-order chi connectivity index (χ0) is 79.7. The average Bonchev–Trinajstić information content (AvgIpc) is 0.783. The van der Waals surface area contributed by atoms with E-state index in [1.54, 1.807) is 6.92 Å². The van der Waals surface area contributed by atoms with Gasteiger partial charge in [0.1, 0.15) is 12.2 Å². The summed E-state index contributed by atoms with van der Waals surface area (Å²) in [5, 5.41) is 28.8. The van der Waals surface area contributed by atoms with E-state index in [0.29, 0.717) is 56.6 Å². The highest BCUT2D eigenvalue weighted by molar-refractivity contribution is 6.61. The van der Waals surface area contributed by atoms with Gasteiger partial charge in [-0.05, 0) is 214 Å². The fraction of sp³-hybridized carbons (Fsp3) is 0.426. The maximum Gasteiger partial charge on any atom is 0.410 e. The summed E-state index contributed by atoms with van der Waals surface area (Å²) >= 11 is 4.72. The van der Waals surface area contributed by atoms with E-state index in [1.165, 1.54) is 75.8 Å². The fourth-order valence-corrected chi connectivity index (χ4v) is 18.2. The smallest absolute Gasteiger partial charge is 0.410 e. The topological polar surface area (TPSA) is 228 Å². The first-order chi connectivity index (χ1) is 55.6. The molecule has 3 aliphatic carbocycles. The van der Waals surface area contributed by atoms with Crippen molar-refractivity contribution in [2.24, 2.45) is 23.7 Å². The molecule has 0 aromatic heterocycles. The molecule has 0 unspecified atom stereocenters. The van der Waals surface area contributed by atoms with Gasteiger partial charge in [0.2, 0.25) is 0 Å². The van der Waals surface area contributed by atoms with Crippen LogP contribution in [0.2, 0.25) is 0 Å². The summed E-state index contributed by atoms with van der Waals surface area (Å²) in [6, 6.07) is 75.7. The second-order valence-electron chi connectivity index (χ2n) is 31.0. The van der Waals surface area contributed by atoms with Gasteiger partial charge in [-0.15, -0.1) is 0 Å². The first-order valence-electron chi connectivity index (χ1n) is 41.1. The summed E-state index contributed by atoms with van der Waals surface area (Å²) in [7, 11) is 0. The summed E-state index contributed by atoms with van der Waals surface area (Å²) in [5.74, 6) is 0.470. The minimum Gasteiger partial charge on any atom is -0.481 e. The van der Waals surface area contributed by atoms with Gasteiger partial charge in [0, 0.05) is 50.9 Å². The Balaban J connectivity index is 0.000000130. The minimum atomic E-state index is -1.08. The second kappa shape index (κ2) is 41.9. The molecule has 0 spiro atoms. The first-order valence-corrected chi connectivity index (χ1v) is 41.5. The number of aliphatic carboxylic acids is 2. The number of amides is 3. The highest BCUT2D eigenvalue weighted by Gasteiger charge is 2.43. The Labute approximate surface area is 676 Å². The standard InChI is InChI=1S/2C23H26N2O2.C18H19NO2.C15H15N.C8H14O.C4H6O4.C3H5ClO2/c2*26-23(27-21-16-24-13-10-18(21)11-14-24)25-15-12-17-6-4-5-9-20(17)22(25)19-7-2-1-3-8-19;1-2-21-18(20)19-13-12-14-8-6-7-11-16(14)17(19)15-9-4-3-5-10-15;1-2-7-13(8-3-1)15-14-9-5-4-6-12(14)10-11-16-15;9-8-5-6-1-3-7(8)4-2-6;5-3(6)1-2-4(7)8;1-2-6-3(4)5/h2*1-9,18,21-22H,10-16H2;3-11,17H,2,12-13H2,1H3;1-9,15-16H,10-11H2;6-9H,1-5H2;1-2H2,(H,5,6)(H,7,8);2H2,1H3/t2*21-,22-;17-;15-;6?,7?,8-;;/m00000../s1. The molecule has 6 saturated heterocycles. The van der Waals surface area contributed by atoms with Gasteiger partial charge in [-0.2, -0.15) is 0 Å². The van der Waals surface area contributed by atoms with Gasteiger partial charge < -0.3 is 39.6 Å². The summed E-state index contributed by atoms with van der Waals surface area (Å²) in [6.07, 6.45) is 13.9. The van der Waals surface area contributed by atoms with E-state index in [-0.39, 0.29) is 67.6 Å². The van der Waals surface area contributed by atoms with Gasteiger partial charge in [-0.3, -0.25) is 34.1 Å². The van der Waals surface area contributed by atoms with Crippen LogP contribution >= 0.6 is 11.6 Å². The third-order valence-corrected chi connectivity index (χ3v) is 24.0. The van der Waals surface area contributed by atoms with E-state index < -0.39 is 17.4 Å². The molecule has 10 aliphatic heterocycles. The molecule has 8 aromatic rings. The molecule has 19 nitrogen and oxygen atoms in total. The van der Waals surface area contributed by atoms with Crippen molar-refractivity contribution in [3.05, 3.63) is 285 Å². The Morgan fingerprint density at radius 3 is 1.04 bits per heavy atom. The Kier molecular flexibility index (Phi) is 30.7. The van der Waals surface area contributed by atoms with Crippen molar-refractivity contribution in [2.45, 2.75) is 153 Å². The molecule has 21 rings (SSSR count). The minimum absolute atomic E-state index is 0.0496. The molecule has 114 heavy (non-hydrogen) atoms. The third kappa shape index (κ3) is 22.4. The molecule has 3 amide bonds. The van der Waals surface area contributed by atoms with Crippen molar-refractivity contribution in [2.75, 3.05) is 78.7 Å². The van der Waals surface area contributed by atoms with E-state index in [1.807, 2.05) is 82.3 Å². The van der Waals surface area contributed by atoms with E-state index in [2.05, 4.69) is 178 Å². The van der Waals surface area contributed by atoms with Gasteiger partial charge in [0.25, 0.3) is 0 Å². The van der Waals surface area contributed by atoms with Crippen LogP contribution in [-0.4, -0.2) is 172 Å². The van der Waals surface area contributed by atoms with Crippen LogP contribution in [0.5, 0.6) is 0 Å². The van der Waals surface area contributed by atoms with Crippen LogP contribution in [0.4, 0.5) is 19.2 Å². The number of fused-ring (bicyclic) bond motifs is 13. The van der Waals surface area contributed by atoms with Crippen LogP contribution < -0.4 is 5.32 Å². The Hall–Kier alpha value is -9.89. The number of benzene rings is 8. The number of ether oxygens (including phenoxy) is 4. The van der Waals surface area contributed by atoms with E-state index in [9.17, 15) is 33.9 Å². The molecule has 9 fully saturated rings. The van der Waals surface area contributed by atoms with Crippen molar-refractivity contribution in [1.82, 2.24) is 29.8 Å². The molecule has 8 aromatic carbocycles. The van der Waals surface area contributed by atoms with Crippen molar-refractivity contribution < 1.29 is 63.0 Å². The molecular formula is C94H111ClN6O13. The molecule has 7 atom stereocenters. The van der Waals surface area contributed by atoms with E-state index in [4.69, 9.17) is 36.0 Å². The lowest BCUT2D eigenvalue weighted by Gasteiger charge is -2.45. The number of nitrogens with zero attached hydrogens (tertiary/aromatic N) is 5. The normalized spacial score (nSPS) is 24.6. The predicted octanol–water partition coefficient (Wildman–Crippen LogP) is 17.3. The van der Waals surface area contributed by atoms with Gasteiger partial charge in [-0.1, -0.05) is 218 Å². The quantitative estimate of drug-likeness (QED) is 0.0697. The molecule has 602 valence electrons. The predicted molar refractivity (Wildman–Crippen MR) is 441 cm³/mol. The molecule has 3 saturated carbocycles. The number of nitrogens with one attached hydrogen (secondary N) is 1. The van der Waals surface area contributed by atoms with Gasteiger partial charge in [0.05, 0.1) is 56.3 Å². The highest BCUT2D eigenvalue weighted by Crippen LogP contribution is 2.43. The van der Waals surface area contributed by atoms with Crippen LogP contribution in [0, 0.1) is 23.7 Å². The Bertz CT molecular complexity index is 4230. The van der Waals surface area contributed by atoms with Gasteiger partial charge >= 0.3 is 35.6 Å². The third-order valence-electron chi connectivity index (χ3n) is 23.9. The summed E-state index contributed by atoms with van der Waals surface area (Å²) in [6.45, 7) is 13.9. The SMILES string of the molecule is CCOC(=O)Cl.CCOC(=O)N1CCc2ccccc2[C@@H]1c1ccccc1.O=C(O)CCC(=O)O.O=C(O[C@H]1CN2CCC1CC2)N1CCc2ccccc2[C@@H]1c1ccccc1.O=C(O[C@H]1CN2CCC1CC2)N1CCc2ccccc2[C@@H]1c1ccccc1.O[C@H]1CC2CCC1CC2.c1ccc([C@@H]2NCCc3ccccc32)cc1. The maximum atomic E-state index is 13.2. The zero-order valence-corrected chi connectivity index (χ0v) is 66.5. The number of carboxylic acid groups (broad SMARTS) is 2. The van der Waals surface area contributed by atoms with Crippen LogP contribution in [0.25, 0.3) is 0 Å². The van der Waals surface area contributed by atoms with Crippen LogP contribution in [0.1, 0.15) is 175 Å². The lowest BCUT2D eigenvalue weighted by molar-refractivity contribution is -0.143. The molecular weight excluding hydrogens is 1460 g/mol. The number of aliphatic hydroxyl groups excluding tert-OH is 1. The van der Waals surface area contributed by atoms with Crippen LogP contribution in [0.15, 0.2) is 218 Å². The number of piperidine rings is 6. The van der Waals surface area contributed by atoms with Crippen molar-refractivity contribution in [1.29, 1.82) is 0 Å². The second-order valence-corrected chi connectivity index (χ2v) is 31.3. The average molecular weight is 1570 g/mol. The number of carboxylic acids is 2. The number of hydrogen-bond acceptors (Lipinski definition) is 14. The van der Waals surface area contributed by atoms with E-state index in [0.717, 1.165) is 126 Å². The summed E-state index contributed by atoms with van der Waals surface area (Å²) < 4.78 is 21.6. The monoisotopic (exact) mass is 1570 g/mol. The number of carbonyl (C=O) groups is 6. The van der Waals surface area contributed by atoms with Crippen molar-refractivity contribution in [3.63, 3.8) is 0 Å². The summed E-state index contributed by atoms with van der Waals surface area (Å²) in [5.41, 5.74) is 14.6. The lowest BCUT2D eigenvalue weighted by atomic mass is 9.69. The zero-order valence-electron chi connectivity index (χ0n) is 65.8. The number of aliphatic hydroxyl groups is 1. The molecule has 0 radical (unpaired) electrons. The van der Waals surface area contributed by atoms with Crippen molar-refractivity contribution >= 4 is 47.2 Å². The van der Waals surface area contributed by atoms with Crippen LogP contribution in [-0.2, 0) is 54.2 Å². The molecule has 10 heterocycles. The first kappa shape index (κ1) is 83.5. The van der Waals surface area contributed by atoms with Gasteiger partial charge in [-0.25, -0.2) is 19.2 Å². The lowest BCUT2D eigenvalue weighted by Crippen LogP contribution is -2.53. The molecule has 4 N–H and O–H groups in total. The maximum absolute atomic E-state index is 13.2. The largest absolute Gasteiger partial charge is 0.481 e. The number of halogens is 1. The molecule has 20 heteroatoms. The van der Waals surface area contributed by atoms with E-state index >= 15 is 0 Å². The summed E-state index contributed by atoms with van der Waals surface area (Å²) in [4.78, 5) is 78.2. The Morgan fingerprint density at radius 1 is 0.395 bits per heavy atom. The van der Waals surface area contributed by atoms with Gasteiger partial charge in [0.15, 0.2) is 0 Å². The number of hydrogen-bond donors (Lipinski definition) is 4. The molecule has 13 aliphatic rings. The highest BCUT2D eigenvalue weighted by atomic mass is 35.5. The van der Waals surface area contributed by atoms with Crippen molar-refractivity contribution in [3.8, 4) is 0 Å². The fourth-order valence-electron chi connectivity index (χ4n) is 18.1. The number of rotatable bonds is 11. The Morgan fingerprint density at radius 2 is 0.737 bits per heavy atom. The number of carbonyl (C=O) groups excluding carboxylic acids is 4. The molecule has 6 bridgehead atoms.